The van der Waals surface area contributed by atoms with Crippen molar-refractivity contribution in [2.45, 2.75) is 0 Å². The Balaban J connectivity index is 1.40. The minimum Gasteiger partial charge on any atom is -0.306 e. The zero-order valence-electron chi connectivity index (χ0n) is 20.0. The van der Waals surface area contributed by atoms with Gasteiger partial charge in [-0.1, -0.05) is 86.5 Å². The third-order valence-electron chi connectivity index (χ3n) is 6.86. The molecule has 3 amide bonds. The van der Waals surface area contributed by atoms with Crippen LogP contribution in [0, 0.1) is 0 Å². The minimum absolute atomic E-state index is 0.0481. The van der Waals surface area contributed by atoms with Crippen molar-refractivity contribution in [3.8, 4) is 0 Å². The predicted octanol–water partition coefficient (Wildman–Crippen LogP) is 7.46. The SMILES string of the molecule is O=C1c2cccc3c(Br)ccc(c23)C(=O)N1CCN(C(=O)c1cccc(Br)c1)c1cccc2ccccc12. The summed E-state index contributed by atoms with van der Waals surface area (Å²) in [5.41, 5.74) is 2.18. The van der Waals surface area contributed by atoms with E-state index in [4.69, 9.17) is 0 Å². The van der Waals surface area contributed by atoms with Crippen molar-refractivity contribution in [3.05, 3.63) is 123 Å². The third kappa shape index (κ3) is 4.12. The number of fused-ring (bicyclic) bond motifs is 1. The van der Waals surface area contributed by atoms with Crippen LogP contribution in [0.25, 0.3) is 21.5 Å². The third-order valence-corrected chi connectivity index (χ3v) is 8.04. The molecule has 1 heterocycles. The Morgan fingerprint density at radius 1 is 0.737 bits per heavy atom. The van der Waals surface area contributed by atoms with Gasteiger partial charge in [0.15, 0.2) is 0 Å². The molecule has 0 saturated heterocycles. The van der Waals surface area contributed by atoms with Gasteiger partial charge in [-0.05, 0) is 53.2 Å². The topological polar surface area (TPSA) is 57.7 Å². The summed E-state index contributed by atoms with van der Waals surface area (Å²) in [7, 11) is 0. The summed E-state index contributed by atoms with van der Waals surface area (Å²) in [6.07, 6.45) is 0. The van der Waals surface area contributed by atoms with Crippen molar-refractivity contribution < 1.29 is 14.4 Å². The molecule has 1 aliphatic rings. The Bertz CT molecular complexity index is 1760. The molecule has 7 heteroatoms. The van der Waals surface area contributed by atoms with E-state index in [9.17, 15) is 14.4 Å². The zero-order valence-corrected chi connectivity index (χ0v) is 23.2. The molecular formula is C31H20Br2N2O3. The van der Waals surface area contributed by atoms with Crippen LogP contribution in [0.3, 0.4) is 0 Å². The quantitative estimate of drug-likeness (QED) is 0.190. The normalized spacial score (nSPS) is 12.8. The van der Waals surface area contributed by atoms with Crippen molar-refractivity contribution >= 4 is 76.8 Å². The van der Waals surface area contributed by atoms with E-state index in [0.29, 0.717) is 22.1 Å². The fourth-order valence-corrected chi connectivity index (χ4v) is 5.93. The van der Waals surface area contributed by atoms with Crippen LogP contribution in [-0.2, 0) is 0 Å². The number of carbonyl (C=O) groups excluding carboxylic acids is 3. The van der Waals surface area contributed by atoms with Gasteiger partial charge in [-0.2, -0.15) is 0 Å². The van der Waals surface area contributed by atoms with E-state index in [1.54, 1.807) is 29.2 Å². The first kappa shape index (κ1) is 24.5. The van der Waals surface area contributed by atoms with Gasteiger partial charge >= 0.3 is 0 Å². The van der Waals surface area contributed by atoms with E-state index in [0.717, 1.165) is 30.8 Å². The van der Waals surface area contributed by atoms with Crippen molar-refractivity contribution in [3.63, 3.8) is 0 Å². The van der Waals surface area contributed by atoms with Crippen LogP contribution in [0.1, 0.15) is 31.1 Å². The van der Waals surface area contributed by atoms with Gasteiger partial charge in [0.05, 0.1) is 5.69 Å². The molecule has 0 aliphatic carbocycles. The lowest BCUT2D eigenvalue weighted by atomic mass is 9.94. The molecule has 0 bridgehead atoms. The van der Waals surface area contributed by atoms with Crippen LogP contribution in [-0.4, -0.2) is 35.7 Å². The molecule has 0 saturated carbocycles. The van der Waals surface area contributed by atoms with E-state index in [-0.39, 0.29) is 30.8 Å². The number of rotatable bonds is 5. The summed E-state index contributed by atoms with van der Waals surface area (Å²) >= 11 is 6.98. The highest BCUT2D eigenvalue weighted by atomic mass is 79.9. The molecule has 5 nitrogen and oxygen atoms in total. The van der Waals surface area contributed by atoms with Gasteiger partial charge < -0.3 is 4.90 Å². The van der Waals surface area contributed by atoms with E-state index < -0.39 is 0 Å². The number of nitrogens with zero attached hydrogens (tertiary/aromatic N) is 2. The molecule has 5 aromatic carbocycles. The highest BCUT2D eigenvalue weighted by molar-refractivity contribution is 9.11. The van der Waals surface area contributed by atoms with Crippen molar-refractivity contribution in [2.75, 3.05) is 18.0 Å². The molecule has 0 fully saturated rings. The second-order valence-electron chi connectivity index (χ2n) is 9.05. The summed E-state index contributed by atoms with van der Waals surface area (Å²) in [5, 5.41) is 3.38. The molecule has 1 aliphatic heterocycles. The lowest BCUT2D eigenvalue weighted by Gasteiger charge is -2.31. The van der Waals surface area contributed by atoms with E-state index in [1.165, 1.54) is 4.90 Å². The average molecular weight is 628 g/mol. The molecule has 5 aromatic rings. The lowest BCUT2D eigenvalue weighted by Crippen LogP contribution is -2.46. The molecule has 38 heavy (non-hydrogen) atoms. The first-order chi connectivity index (χ1) is 18.4. The van der Waals surface area contributed by atoms with E-state index >= 15 is 0 Å². The lowest BCUT2D eigenvalue weighted by molar-refractivity contribution is 0.0611. The van der Waals surface area contributed by atoms with Crippen molar-refractivity contribution in [2.24, 2.45) is 0 Å². The Hall–Kier alpha value is -3.81. The first-order valence-electron chi connectivity index (χ1n) is 12.1. The van der Waals surface area contributed by atoms with Gasteiger partial charge in [0.1, 0.15) is 0 Å². The van der Waals surface area contributed by atoms with Crippen molar-refractivity contribution in [1.82, 2.24) is 4.90 Å². The molecule has 0 atom stereocenters. The standard InChI is InChI=1S/C31H20Br2N2O3/c32-21-9-3-8-20(18-21)29(36)34(27-13-4-7-19-6-1-2-10-22(19)27)16-17-35-30(37)24-12-5-11-23-26(33)15-14-25(28(23)24)31(35)38/h1-15,18H,16-17H2. The maximum atomic E-state index is 13.9. The Morgan fingerprint density at radius 3 is 2.24 bits per heavy atom. The number of benzene rings is 5. The number of anilines is 1. The summed E-state index contributed by atoms with van der Waals surface area (Å²) in [4.78, 5) is 43.9. The fraction of sp³-hybridized carbons (Fsp3) is 0.0645. The van der Waals surface area contributed by atoms with Crippen LogP contribution in [0.2, 0.25) is 0 Å². The summed E-state index contributed by atoms with van der Waals surface area (Å²) in [6.45, 7) is 0.186. The largest absolute Gasteiger partial charge is 0.306 e. The van der Waals surface area contributed by atoms with Crippen LogP contribution in [0.5, 0.6) is 0 Å². The number of hydrogen-bond donors (Lipinski definition) is 0. The molecular weight excluding hydrogens is 608 g/mol. The number of hydrogen-bond acceptors (Lipinski definition) is 3. The van der Waals surface area contributed by atoms with Crippen LogP contribution in [0.4, 0.5) is 5.69 Å². The average Bonchev–Trinajstić information content (AvgIpc) is 2.94. The monoisotopic (exact) mass is 626 g/mol. The molecule has 0 aromatic heterocycles. The van der Waals surface area contributed by atoms with E-state index in [2.05, 4.69) is 31.9 Å². The number of imide groups is 1. The van der Waals surface area contributed by atoms with Gasteiger partial charge in [-0.25, -0.2) is 0 Å². The van der Waals surface area contributed by atoms with Crippen LogP contribution < -0.4 is 4.90 Å². The summed E-state index contributed by atoms with van der Waals surface area (Å²) in [5.74, 6) is -0.941. The second-order valence-corrected chi connectivity index (χ2v) is 10.8. The van der Waals surface area contributed by atoms with Gasteiger partial charge in [-0.15, -0.1) is 0 Å². The molecule has 6 rings (SSSR count). The number of carbonyl (C=O) groups is 3. The molecule has 0 radical (unpaired) electrons. The Kier molecular flexibility index (Phi) is 6.33. The highest BCUT2D eigenvalue weighted by Crippen LogP contribution is 2.35. The van der Waals surface area contributed by atoms with Crippen LogP contribution >= 0.6 is 31.9 Å². The smallest absolute Gasteiger partial charge is 0.261 e. The molecule has 0 spiro atoms. The summed E-state index contributed by atoms with van der Waals surface area (Å²) in [6, 6.07) is 29.9. The van der Waals surface area contributed by atoms with Crippen molar-refractivity contribution in [1.29, 1.82) is 0 Å². The minimum atomic E-state index is -0.362. The molecule has 186 valence electrons. The highest BCUT2D eigenvalue weighted by Gasteiger charge is 2.34. The number of halogens is 2. The second kappa shape index (κ2) is 9.82. The predicted molar refractivity (Wildman–Crippen MR) is 157 cm³/mol. The van der Waals surface area contributed by atoms with Gasteiger partial charge in [0.25, 0.3) is 17.7 Å². The number of amides is 3. The van der Waals surface area contributed by atoms with Crippen LogP contribution in [0.15, 0.2) is 106 Å². The van der Waals surface area contributed by atoms with Gasteiger partial charge in [-0.3, -0.25) is 19.3 Å². The maximum absolute atomic E-state index is 13.9. The van der Waals surface area contributed by atoms with Gasteiger partial charge in [0.2, 0.25) is 0 Å². The Labute approximate surface area is 235 Å². The Morgan fingerprint density at radius 2 is 1.42 bits per heavy atom. The maximum Gasteiger partial charge on any atom is 0.261 e. The summed E-state index contributed by atoms with van der Waals surface area (Å²) < 4.78 is 1.62. The fourth-order valence-electron chi connectivity index (χ4n) is 5.07. The molecule has 0 N–H and O–H groups in total. The molecule has 0 unspecified atom stereocenters. The zero-order chi connectivity index (χ0) is 26.4. The first-order valence-corrected chi connectivity index (χ1v) is 13.7. The van der Waals surface area contributed by atoms with E-state index in [1.807, 2.05) is 72.8 Å². The van der Waals surface area contributed by atoms with Gasteiger partial charge in [0, 0.05) is 49.5 Å².